The molecule has 5 nitrogen and oxygen atoms in total. The summed E-state index contributed by atoms with van der Waals surface area (Å²) in [4.78, 5) is 18.4. The molecule has 1 amide bonds. The lowest BCUT2D eigenvalue weighted by molar-refractivity contribution is 0.0955. The topological polar surface area (TPSA) is 70.7 Å². The van der Waals surface area contributed by atoms with Crippen molar-refractivity contribution in [2.75, 3.05) is 31.1 Å². The number of nitrogens with zero attached hydrogens (tertiary/aromatic N) is 2. The molecule has 0 aliphatic carbocycles. The number of halogens is 1. The highest BCUT2D eigenvalue weighted by Gasteiger charge is 2.12. The van der Waals surface area contributed by atoms with Crippen LogP contribution >= 0.6 is 35.7 Å². The zero-order valence-electron chi connectivity index (χ0n) is 12.7. The van der Waals surface area contributed by atoms with Gasteiger partial charge in [-0.2, -0.15) is 11.8 Å². The molecule has 1 heterocycles. The third-order valence-electron chi connectivity index (χ3n) is 3.29. The first-order valence-corrected chi connectivity index (χ1v) is 8.36. The average Bonchev–Trinajstić information content (AvgIpc) is 2.54. The molecule has 1 aliphatic heterocycles. The first-order chi connectivity index (χ1) is 10.2. The Kier molecular flexibility index (Phi) is 8.62. The molecule has 0 spiro atoms. The first-order valence-electron chi connectivity index (χ1n) is 7.20. The Bertz CT molecular complexity index is 518. The quantitative estimate of drug-likeness (QED) is 0.432. The number of guanidine groups is 1. The van der Waals surface area contributed by atoms with Crippen molar-refractivity contribution in [1.29, 1.82) is 0 Å². The Morgan fingerprint density at radius 1 is 1.41 bits per heavy atom. The van der Waals surface area contributed by atoms with Crippen LogP contribution in [-0.2, 0) is 6.54 Å². The Morgan fingerprint density at radius 3 is 2.82 bits per heavy atom. The van der Waals surface area contributed by atoms with E-state index in [-0.39, 0.29) is 29.9 Å². The van der Waals surface area contributed by atoms with Crippen LogP contribution in [0, 0.1) is 0 Å². The summed E-state index contributed by atoms with van der Waals surface area (Å²) < 4.78 is 0. The number of carbonyl (C=O) groups is 1. The molecule has 0 unspecified atom stereocenters. The second kappa shape index (κ2) is 9.94. The van der Waals surface area contributed by atoms with Gasteiger partial charge in [0.25, 0.3) is 5.91 Å². The van der Waals surface area contributed by atoms with Crippen molar-refractivity contribution in [1.82, 2.24) is 10.2 Å². The molecule has 0 saturated carbocycles. The maximum Gasteiger partial charge on any atom is 0.251 e. The molecule has 1 aromatic rings. The maximum absolute atomic E-state index is 11.8. The summed E-state index contributed by atoms with van der Waals surface area (Å²) in [6, 6.07) is 7.52. The van der Waals surface area contributed by atoms with E-state index in [1.807, 2.05) is 43.0 Å². The zero-order valence-corrected chi connectivity index (χ0v) is 15.9. The van der Waals surface area contributed by atoms with Gasteiger partial charge in [-0.15, -0.1) is 24.0 Å². The molecule has 1 aliphatic rings. The van der Waals surface area contributed by atoms with E-state index in [0.717, 1.165) is 30.2 Å². The lowest BCUT2D eigenvalue weighted by atomic mass is 10.1. The lowest BCUT2D eigenvalue weighted by Crippen LogP contribution is -2.42. The van der Waals surface area contributed by atoms with Gasteiger partial charge in [-0.1, -0.05) is 12.1 Å². The van der Waals surface area contributed by atoms with E-state index in [9.17, 15) is 4.79 Å². The van der Waals surface area contributed by atoms with Crippen molar-refractivity contribution in [2.24, 2.45) is 10.7 Å². The minimum atomic E-state index is -0.0515. The Morgan fingerprint density at radius 2 is 2.14 bits per heavy atom. The van der Waals surface area contributed by atoms with Crippen molar-refractivity contribution in [3.63, 3.8) is 0 Å². The van der Waals surface area contributed by atoms with Crippen molar-refractivity contribution in [3.05, 3.63) is 35.4 Å². The molecule has 1 fully saturated rings. The molecular formula is C15H23IN4OS. The minimum Gasteiger partial charge on any atom is -0.370 e. The summed E-state index contributed by atoms with van der Waals surface area (Å²) in [5.41, 5.74) is 7.69. The van der Waals surface area contributed by atoms with E-state index < -0.39 is 0 Å². The van der Waals surface area contributed by atoms with E-state index in [1.54, 1.807) is 0 Å². The van der Waals surface area contributed by atoms with Gasteiger partial charge >= 0.3 is 0 Å². The van der Waals surface area contributed by atoms with Crippen LogP contribution in [0.4, 0.5) is 0 Å². The average molecular weight is 434 g/mol. The summed E-state index contributed by atoms with van der Waals surface area (Å²) >= 11 is 1.94. The monoisotopic (exact) mass is 434 g/mol. The van der Waals surface area contributed by atoms with Crippen LogP contribution in [-0.4, -0.2) is 47.9 Å². The Balaban J connectivity index is 0.00000242. The number of hydrogen-bond acceptors (Lipinski definition) is 3. The fourth-order valence-corrected chi connectivity index (χ4v) is 3.04. The van der Waals surface area contributed by atoms with Crippen LogP contribution in [0.3, 0.4) is 0 Å². The summed E-state index contributed by atoms with van der Waals surface area (Å²) in [5, 5.41) is 2.80. The summed E-state index contributed by atoms with van der Waals surface area (Å²) in [6.07, 6.45) is 0. The molecule has 3 N–H and O–H groups in total. The van der Waals surface area contributed by atoms with E-state index >= 15 is 0 Å². The van der Waals surface area contributed by atoms with Gasteiger partial charge < -0.3 is 16.0 Å². The molecule has 1 aromatic carbocycles. The number of aliphatic imine (C=N–C) groups is 1. The number of rotatable bonds is 4. The zero-order chi connectivity index (χ0) is 15.1. The van der Waals surface area contributed by atoms with Crippen LogP contribution in [0.15, 0.2) is 29.3 Å². The fraction of sp³-hybridized carbons (Fsp3) is 0.467. The molecule has 0 bridgehead atoms. The van der Waals surface area contributed by atoms with Crippen molar-refractivity contribution in [2.45, 2.75) is 13.5 Å². The number of nitrogens with two attached hydrogens (primary N) is 1. The summed E-state index contributed by atoms with van der Waals surface area (Å²) in [7, 11) is 0. The second-order valence-corrected chi connectivity index (χ2v) is 6.06. The Labute approximate surface area is 153 Å². The molecule has 0 atom stereocenters. The van der Waals surface area contributed by atoms with E-state index in [2.05, 4.69) is 15.2 Å². The number of hydrogen-bond donors (Lipinski definition) is 2. The summed E-state index contributed by atoms with van der Waals surface area (Å²) in [5.74, 6) is 2.74. The number of nitrogens with one attached hydrogen (secondary N) is 1. The third-order valence-corrected chi connectivity index (χ3v) is 4.23. The van der Waals surface area contributed by atoms with Gasteiger partial charge in [0.15, 0.2) is 5.96 Å². The van der Waals surface area contributed by atoms with Gasteiger partial charge in [0.05, 0.1) is 6.54 Å². The molecule has 0 aromatic heterocycles. The standard InChI is InChI=1S/C15H22N4OS.HI/c1-2-17-14(20)13-5-3-4-12(10-13)11-18-15(16)19-6-8-21-9-7-19;/h3-5,10H,2,6-9,11H2,1H3,(H2,16,18)(H,17,20);1H. The van der Waals surface area contributed by atoms with Gasteiger partial charge in [0, 0.05) is 36.7 Å². The van der Waals surface area contributed by atoms with Crippen LogP contribution in [0.1, 0.15) is 22.8 Å². The Hall–Kier alpha value is -0.960. The van der Waals surface area contributed by atoms with Gasteiger partial charge in [0.2, 0.25) is 0 Å². The normalized spacial score (nSPS) is 15.1. The van der Waals surface area contributed by atoms with Gasteiger partial charge in [-0.05, 0) is 24.6 Å². The van der Waals surface area contributed by atoms with Gasteiger partial charge in [-0.25, -0.2) is 4.99 Å². The molecule has 2 rings (SSSR count). The van der Waals surface area contributed by atoms with Gasteiger partial charge in [0.1, 0.15) is 0 Å². The van der Waals surface area contributed by atoms with E-state index in [1.165, 1.54) is 0 Å². The van der Waals surface area contributed by atoms with Crippen molar-refractivity contribution >= 4 is 47.6 Å². The highest BCUT2D eigenvalue weighted by Crippen LogP contribution is 2.10. The number of amides is 1. The maximum atomic E-state index is 11.8. The molecule has 7 heteroatoms. The van der Waals surface area contributed by atoms with Crippen LogP contribution < -0.4 is 11.1 Å². The highest BCUT2D eigenvalue weighted by atomic mass is 127. The summed E-state index contributed by atoms with van der Waals surface area (Å²) in [6.45, 7) is 4.95. The number of thioether (sulfide) groups is 1. The second-order valence-electron chi connectivity index (χ2n) is 4.83. The minimum absolute atomic E-state index is 0. The van der Waals surface area contributed by atoms with Crippen LogP contribution in [0.2, 0.25) is 0 Å². The molecule has 22 heavy (non-hydrogen) atoms. The van der Waals surface area contributed by atoms with E-state index in [0.29, 0.717) is 24.6 Å². The van der Waals surface area contributed by atoms with Crippen molar-refractivity contribution in [3.8, 4) is 0 Å². The van der Waals surface area contributed by atoms with Crippen LogP contribution in [0.25, 0.3) is 0 Å². The molecular weight excluding hydrogens is 411 g/mol. The molecule has 122 valence electrons. The van der Waals surface area contributed by atoms with Crippen molar-refractivity contribution < 1.29 is 4.79 Å². The third kappa shape index (κ3) is 5.68. The lowest BCUT2D eigenvalue weighted by Gasteiger charge is -2.27. The van der Waals surface area contributed by atoms with E-state index in [4.69, 9.17) is 5.73 Å². The van der Waals surface area contributed by atoms with Crippen LogP contribution in [0.5, 0.6) is 0 Å². The predicted octanol–water partition coefficient (Wildman–Crippen LogP) is 1.92. The predicted molar refractivity (Wildman–Crippen MR) is 104 cm³/mol. The smallest absolute Gasteiger partial charge is 0.251 e. The molecule has 1 saturated heterocycles. The highest BCUT2D eigenvalue weighted by molar-refractivity contribution is 14.0. The largest absolute Gasteiger partial charge is 0.370 e. The first kappa shape index (κ1) is 19.1. The number of carbonyl (C=O) groups excluding carboxylic acids is 1. The fourth-order valence-electron chi connectivity index (χ4n) is 2.14. The van der Waals surface area contributed by atoms with Gasteiger partial charge in [-0.3, -0.25) is 4.79 Å². The SMILES string of the molecule is CCNC(=O)c1cccc(CN=C(N)N2CCSCC2)c1.I. The number of benzene rings is 1. The molecule has 0 radical (unpaired) electrons.